The van der Waals surface area contributed by atoms with Crippen LogP contribution >= 0.6 is 0 Å². The lowest BCUT2D eigenvalue weighted by molar-refractivity contribution is -0.143. The van der Waals surface area contributed by atoms with Gasteiger partial charge in [0, 0.05) is 12.8 Å². The molecule has 0 aromatic carbocycles. The van der Waals surface area contributed by atoms with E-state index in [1.807, 2.05) is 6.08 Å². The standard InChI is InChI=1S/C59H111NO5/c1-3-5-7-9-11-13-15-17-19-21-22-23-24-27-31-35-39-43-47-51-57(62)56(55-61)60-58(63)52-48-44-40-36-32-28-26-30-34-38-42-46-50-54-65-59(64)53-49-45-41-37-33-29-25-20-18-16-14-12-10-8-6-4-2/h20,25,28,32,47,51,56-57,61-62H,3-19,21-24,26-27,29-31,33-46,48-50,52-55H2,1-2H3,(H,60,63)/b25-20-,32-28-,51-47+. The van der Waals surface area contributed by atoms with Gasteiger partial charge in [-0.15, -0.1) is 0 Å². The third-order valence-corrected chi connectivity index (χ3v) is 13.1. The highest BCUT2D eigenvalue weighted by molar-refractivity contribution is 5.76. The predicted octanol–water partition coefficient (Wildman–Crippen LogP) is 17.6. The van der Waals surface area contributed by atoms with Crippen molar-refractivity contribution in [1.82, 2.24) is 5.32 Å². The molecule has 0 rings (SSSR count). The molecule has 1 amide bonds. The Morgan fingerprint density at radius 2 is 0.723 bits per heavy atom. The molecule has 2 atom stereocenters. The van der Waals surface area contributed by atoms with Gasteiger partial charge >= 0.3 is 5.97 Å². The van der Waals surface area contributed by atoms with Gasteiger partial charge in [-0.25, -0.2) is 0 Å². The molecule has 0 radical (unpaired) electrons. The summed E-state index contributed by atoms with van der Waals surface area (Å²) in [6.45, 7) is 4.86. The highest BCUT2D eigenvalue weighted by Gasteiger charge is 2.18. The highest BCUT2D eigenvalue weighted by atomic mass is 16.5. The van der Waals surface area contributed by atoms with Crippen molar-refractivity contribution in [3.63, 3.8) is 0 Å². The van der Waals surface area contributed by atoms with E-state index in [2.05, 4.69) is 43.5 Å². The van der Waals surface area contributed by atoms with Crippen molar-refractivity contribution in [3.8, 4) is 0 Å². The zero-order valence-electron chi connectivity index (χ0n) is 43.5. The Morgan fingerprint density at radius 3 is 1.11 bits per heavy atom. The monoisotopic (exact) mass is 914 g/mol. The molecule has 0 saturated carbocycles. The van der Waals surface area contributed by atoms with Crippen molar-refractivity contribution in [2.75, 3.05) is 13.2 Å². The summed E-state index contributed by atoms with van der Waals surface area (Å²) in [5.74, 6) is -0.118. The van der Waals surface area contributed by atoms with Crippen molar-refractivity contribution in [2.24, 2.45) is 0 Å². The van der Waals surface area contributed by atoms with Gasteiger partial charge in [0.05, 0.1) is 25.4 Å². The molecular weight excluding hydrogens is 803 g/mol. The Balaban J connectivity index is 3.53. The molecule has 0 spiro atoms. The molecule has 0 aliphatic carbocycles. The van der Waals surface area contributed by atoms with Crippen molar-refractivity contribution in [2.45, 2.75) is 315 Å². The van der Waals surface area contributed by atoms with Crippen LogP contribution in [0.15, 0.2) is 36.5 Å². The highest BCUT2D eigenvalue weighted by Crippen LogP contribution is 2.16. The zero-order chi connectivity index (χ0) is 47.2. The fraction of sp³-hybridized carbons (Fsp3) is 0.864. The third kappa shape index (κ3) is 51.3. The first-order valence-electron chi connectivity index (χ1n) is 28.8. The van der Waals surface area contributed by atoms with Gasteiger partial charge in [-0.3, -0.25) is 9.59 Å². The second kappa shape index (κ2) is 54.7. The van der Waals surface area contributed by atoms with Crippen LogP contribution in [0.3, 0.4) is 0 Å². The number of carbonyl (C=O) groups is 2. The molecule has 2 unspecified atom stereocenters. The number of aliphatic hydroxyl groups is 2. The van der Waals surface area contributed by atoms with Crippen LogP contribution < -0.4 is 5.32 Å². The SMILES string of the molecule is CCCCCCCCC/C=C\CCCCCCCC(=O)OCCCCCCCC/C=C\CCCCCC(=O)NC(CO)C(O)/C=C/CCCCCCCCCCCCCCCCCCC. The second-order valence-corrected chi connectivity index (χ2v) is 19.6. The number of esters is 1. The topological polar surface area (TPSA) is 95.9 Å². The normalized spacial score (nSPS) is 12.9. The van der Waals surface area contributed by atoms with E-state index in [4.69, 9.17) is 4.74 Å². The van der Waals surface area contributed by atoms with Crippen LogP contribution in [0, 0.1) is 0 Å². The Morgan fingerprint density at radius 1 is 0.415 bits per heavy atom. The molecule has 0 saturated heterocycles. The number of aliphatic hydroxyl groups excluding tert-OH is 2. The van der Waals surface area contributed by atoms with Crippen LogP contribution in [0.1, 0.15) is 303 Å². The molecule has 3 N–H and O–H groups in total. The molecule has 0 bridgehead atoms. The minimum absolute atomic E-state index is 0.0214. The van der Waals surface area contributed by atoms with E-state index in [1.165, 1.54) is 205 Å². The quantitative estimate of drug-likeness (QED) is 0.0321. The molecule has 0 aromatic rings. The number of hydrogen-bond acceptors (Lipinski definition) is 5. The first kappa shape index (κ1) is 63.1. The molecule has 0 fully saturated rings. The van der Waals surface area contributed by atoms with Gasteiger partial charge in [-0.2, -0.15) is 0 Å². The van der Waals surface area contributed by atoms with Crippen LogP contribution in [0.5, 0.6) is 0 Å². The molecule has 0 aliphatic heterocycles. The summed E-state index contributed by atoms with van der Waals surface area (Å²) in [6, 6.07) is -0.649. The molecule has 6 heteroatoms. The summed E-state index contributed by atoms with van der Waals surface area (Å²) >= 11 is 0. The Labute approximate surface area is 404 Å². The molecule has 382 valence electrons. The van der Waals surface area contributed by atoms with Crippen molar-refractivity contribution in [1.29, 1.82) is 0 Å². The second-order valence-electron chi connectivity index (χ2n) is 19.6. The number of allylic oxidation sites excluding steroid dienone is 5. The van der Waals surface area contributed by atoms with E-state index >= 15 is 0 Å². The van der Waals surface area contributed by atoms with E-state index in [-0.39, 0.29) is 18.5 Å². The minimum Gasteiger partial charge on any atom is -0.466 e. The van der Waals surface area contributed by atoms with Crippen molar-refractivity contribution in [3.05, 3.63) is 36.5 Å². The van der Waals surface area contributed by atoms with Crippen LogP contribution in [0.25, 0.3) is 0 Å². The van der Waals surface area contributed by atoms with Gasteiger partial charge < -0.3 is 20.3 Å². The maximum absolute atomic E-state index is 12.5. The zero-order valence-corrected chi connectivity index (χ0v) is 43.5. The maximum Gasteiger partial charge on any atom is 0.305 e. The first-order valence-corrected chi connectivity index (χ1v) is 28.8. The van der Waals surface area contributed by atoms with Crippen molar-refractivity contribution < 1.29 is 24.5 Å². The van der Waals surface area contributed by atoms with Gasteiger partial charge in [0.25, 0.3) is 0 Å². The Kier molecular flexibility index (Phi) is 53.1. The Hall–Kier alpha value is -1.92. The molecule has 0 aromatic heterocycles. The lowest BCUT2D eigenvalue weighted by Crippen LogP contribution is -2.45. The largest absolute Gasteiger partial charge is 0.466 e. The van der Waals surface area contributed by atoms with Gasteiger partial charge in [-0.1, -0.05) is 243 Å². The predicted molar refractivity (Wildman–Crippen MR) is 283 cm³/mol. The summed E-state index contributed by atoms with van der Waals surface area (Å²) < 4.78 is 5.46. The molecule has 0 aliphatic rings. The van der Waals surface area contributed by atoms with Gasteiger partial charge in [0.2, 0.25) is 5.91 Å². The number of hydrogen-bond donors (Lipinski definition) is 3. The van der Waals surface area contributed by atoms with Crippen molar-refractivity contribution >= 4 is 11.9 Å². The van der Waals surface area contributed by atoms with E-state index in [1.54, 1.807) is 6.08 Å². The Bertz CT molecular complexity index is 1060. The first-order chi connectivity index (χ1) is 32.0. The van der Waals surface area contributed by atoms with Crippen LogP contribution in [-0.2, 0) is 14.3 Å². The lowest BCUT2D eigenvalue weighted by Gasteiger charge is -2.19. The van der Waals surface area contributed by atoms with Gasteiger partial charge in [0.1, 0.15) is 0 Å². The van der Waals surface area contributed by atoms with E-state index in [0.717, 1.165) is 70.6 Å². The van der Waals surface area contributed by atoms with E-state index in [0.29, 0.717) is 19.4 Å². The number of amides is 1. The maximum atomic E-state index is 12.5. The number of carbonyl (C=O) groups excluding carboxylic acids is 2. The summed E-state index contributed by atoms with van der Waals surface area (Å²) in [6.07, 6.45) is 67.3. The van der Waals surface area contributed by atoms with E-state index < -0.39 is 12.1 Å². The summed E-state index contributed by atoms with van der Waals surface area (Å²) in [4.78, 5) is 24.5. The summed E-state index contributed by atoms with van der Waals surface area (Å²) in [7, 11) is 0. The fourth-order valence-corrected chi connectivity index (χ4v) is 8.68. The van der Waals surface area contributed by atoms with Gasteiger partial charge in [-0.05, 0) is 83.5 Å². The van der Waals surface area contributed by atoms with Crippen LogP contribution in [-0.4, -0.2) is 47.4 Å². The number of unbranched alkanes of at least 4 members (excludes halogenated alkanes) is 38. The van der Waals surface area contributed by atoms with Gasteiger partial charge in [0.15, 0.2) is 0 Å². The van der Waals surface area contributed by atoms with Crippen LogP contribution in [0.4, 0.5) is 0 Å². The molecule has 65 heavy (non-hydrogen) atoms. The third-order valence-electron chi connectivity index (χ3n) is 13.1. The fourth-order valence-electron chi connectivity index (χ4n) is 8.68. The average Bonchev–Trinajstić information content (AvgIpc) is 3.31. The number of rotatable bonds is 53. The lowest BCUT2D eigenvalue weighted by atomic mass is 10.0. The van der Waals surface area contributed by atoms with Crippen LogP contribution in [0.2, 0.25) is 0 Å². The summed E-state index contributed by atoms with van der Waals surface area (Å²) in [5, 5.41) is 23.1. The summed E-state index contributed by atoms with van der Waals surface area (Å²) in [5.41, 5.74) is 0. The van der Waals surface area contributed by atoms with E-state index in [9.17, 15) is 19.8 Å². The number of ether oxygens (including phenoxy) is 1. The smallest absolute Gasteiger partial charge is 0.305 e. The molecule has 0 heterocycles. The minimum atomic E-state index is -0.863. The molecule has 6 nitrogen and oxygen atoms in total. The number of nitrogens with one attached hydrogen (secondary N) is 1. The molecular formula is C59H111NO5. The average molecular weight is 915 g/mol.